The third-order valence-electron chi connectivity index (χ3n) is 3.42. The van der Waals surface area contributed by atoms with E-state index in [0.717, 1.165) is 6.42 Å². The van der Waals surface area contributed by atoms with E-state index in [4.69, 9.17) is 9.84 Å². The van der Waals surface area contributed by atoms with Gasteiger partial charge in [-0.2, -0.15) is 0 Å². The first-order valence-corrected chi connectivity index (χ1v) is 7.23. The van der Waals surface area contributed by atoms with Gasteiger partial charge in [-0.1, -0.05) is 48.5 Å². The summed E-state index contributed by atoms with van der Waals surface area (Å²) in [6, 6.07) is 0. The molecule has 0 rings (SSSR count). The van der Waals surface area contributed by atoms with Crippen LogP contribution in [0.4, 0.5) is 0 Å². The fraction of sp³-hybridized carbons (Fsp3) is 0.556. The summed E-state index contributed by atoms with van der Waals surface area (Å²) in [7, 11) is 1.76. The number of methoxy groups -OCH3 is 1. The Bertz CT molecular complexity index is 386. The zero-order chi connectivity index (χ0) is 15.5. The molecule has 0 spiro atoms. The van der Waals surface area contributed by atoms with Gasteiger partial charge in [0.1, 0.15) is 0 Å². The minimum atomic E-state index is 0.115. The van der Waals surface area contributed by atoms with E-state index in [0.29, 0.717) is 5.92 Å². The van der Waals surface area contributed by atoms with Crippen LogP contribution in [0.2, 0.25) is 0 Å². The summed E-state index contributed by atoms with van der Waals surface area (Å²) in [5.41, 5.74) is 3.68. The fourth-order valence-corrected chi connectivity index (χ4v) is 2.21. The molecule has 0 aliphatic heterocycles. The number of hydrogen-bond donors (Lipinski definition) is 1. The molecular formula is C18H30O2. The van der Waals surface area contributed by atoms with Gasteiger partial charge >= 0.3 is 0 Å². The third-order valence-corrected chi connectivity index (χ3v) is 3.42. The van der Waals surface area contributed by atoms with Crippen molar-refractivity contribution in [3.63, 3.8) is 0 Å². The Kier molecular flexibility index (Phi) is 10.0. The van der Waals surface area contributed by atoms with Crippen molar-refractivity contribution in [1.29, 1.82) is 0 Å². The Hall–Kier alpha value is -1.12. The van der Waals surface area contributed by atoms with Gasteiger partial charge in [-0.05, 0) is 39.7 Å². The second kappa shape index (κ2) is 10.6. The molecular weight excluding hydrogens is 248 g/mol. The van der Waals surface area contributed by atoms with Crippen molar-refractivity contribution in [3.05, 3.63) is 47.1 Å². The molecule has 0 saturated heterocycles. The summed E-state index contributed by atoms with van der Waals surface area (Å²) in [4.78, 5) is 0. The Labute approximate surface area is 124 Å². The van der Waals surface area contributed by atoms with Crippen LogP contribution < -0.4 is 0 Å². The predicted octanol–water partition coefficient (Wildman–Crippen LogP) is 4.43. The van der Waals surface area contributed by atoms with Crippen LogP contribution >= 0.6 is 0 Å². The van der Waals surface area contributed by atoms with Crippen molar-refractivity contribution >= 4 is 0 Å². The van der Waals surface area contributed by atoms with Crippen LogP contribution in [0.15, 0.2) is 47.1 Å². The van der Waals surface area contributed by atoms with Crippen LogP contribution in [-0.2, 0) is 4.74 Å². The highest BCUT2D eigenvalue weighted by Crippen LogP contribution is 2.18. The Balaban J connectivity index is 4.63. The molecule has 2 nitrogen and oxygen atoms in total. The highest BCUT2D eigenvalue weighted by atomic mass is 16.5. The Morgan fingerprint density at radius 2 is 1.90 bits per heavy atom. The summed E-state index contributed by atoms with van der Waals surface area (Å²) < 4.78 is 5.57. The van der Waals surface area contributed by atoms with E-state index in [1.807, 2.05) is 19.9 Å². The van der Waals surface area contributed by atoms with Crippen molar-refractivity contribution in [2.75, 3.05) is 13.7 Å². The van der Waals surface area contributed by atoms with Crippen LogP contribution in [0.5, 0.6) is 0 Å². The van der Waals surface area contributed by atoms with Crippen molar-refractivity contribution in [1.82, 2.24) is 0 Å². The minimum absolute atomic E-state index is 0.115. The van der Waals surface area contributed by atoms with Crippen LogP contribution in [0.3, 0.4) is 0 Å². The van der Waals surface area contributed by atoms with E-state index in [1.54, 1.807) is 7.11 Å². The lowest BCUT2D eigenvalue weighted by Gasteiger charge is -2.21. The fourth-order valence-electron chi connectivity index (χ4n) is 2.21. The lowest BCUT2D eigenvalue weighted by Crippen LogP contribution is -2.20. The van der Waals surface area contributed by atoms with Crippen LogP contribution in [0.1, 0.15) is 41.0 Å². The highest BCUT2D eigenvalue weighted by molar-refractivity contribution is 5.21. The summed E-state index contributed by atoms with van der Waals surface area (Å²) in [6.07, 6.45) is 11.5. The molecule has 0 bridgehead atoms. The van der Waals surface area contributed by atoms with E-state index in [1.165, 1.54) is 16.7 Å². The maximum absolute atomic E-state index is 8.80. The molecule has 0 aliphatic rings. The largest absolute Gasteiger partial charge is 0.392 e. The quantitative estimate of drug-likeness (QED) is 0.525. The van der Waals surface area contributed by atoms with E-state index in [9.17, 15) is 0 Å². The van der Waals surface area contributed by atoms with Gasteiger partial charge in [-0.25, -0.2) is 0 Å². The van der Waals surface area contributed by atoms with Crippen molar-refractivity contribution in [2.24, 2.45) is 5.92 Å². The van der Waals surface area contributed by atoms with Crippen molar-refractivity contribution < 1.29 is 9.84 Å². The summed E-state index contributed by atoms with van der Waals surface area (Å²) in [5, 5.41) is 8.80. The zero-order valence-electron chi connectivity index (χ0n) is 13.8. The summed E-state index contributed by atoms with van der Waals surface area (Å²) in [5.74, 6) is 0.343. The first-order valence-electron chi connectivity index (χ1n) is 7.23. The second-order valence-corrected chi connectivity index (χ2v) is 5.30. The average Bonchev–Trinajstić information content (AvgIpc) is 2.39. The molecule has 0 amide bonds. The van der Waals surface area contributed by atoms with E-state index >= 15 is 0 Å². The number of ether oxygens (including phenoxy) is 1. The first-order chi connectivity index (χ1) is 9.46. The SMILES string of the molecule is C/C=C(\C)[C@H](OC)[C@H](C)/C=C(C)/C=C/C/C(C)=C/CO. The lowest BCUT2D eigenvalue weighted by molar-refractivity contribution is 0.103. The normalized spacial score (nSPS) is 17.6. The number of allylic oxidation sites excluding steroid dienone is 5. The molecule has 0 heterocycles. The standard InChI is InChI=1S/C18H30O2/c1-7-16(4)18(20-6)17(5)13-15(3)10-8-9-14(2)11-12-19/h7-8,10-11,13,17-19H,9,12H2,1-6H3/b10-8+,14-11+,15-13+,16-7+/t17-,18+/m1/s1. The maximum Gasteiger partial charge on any atom is 0.0838 e. The summed E-state index contributed by atoms with van der Waals surface area (Å²) >= 11 is 0. The van der Waals surface area contributed by atoms with Crippen LogP contribution in [0.25, 0.3) is 0 Å². The van der Waals surface area contributed by atoms with Crippen LogP contribution in [-0.4, -0.2) is 24.9 Å². The van der Waals surface area contributed by atoms with Gasteiger partial charge < -0.3 is 9.84 Å². The van der Waals surface area contributed by atoms with Crippen molar-refractivity contribution in [2.45, 2.75) is 47.1 Å². The number of hydrogen-bond acceptors (Lipinski definition) is 2. The molecule has 0 aromatic heterocycles. The summed E-state index contributed by atoms with van der Waals surface area (Å²) in [6.45, 7) is 10.6. The van der Waals surface area contributed by atoms with Gasteiger partial charge in [-0.3, -0.25) is 0 Å². The molecule has 0 fully saturated rings. The average molecular weight is 278 g/mol. The third kappa shape index (κ3) is 7.46. The first kappa shape index (κ1) is 18.9. The number of rotatable bonds is 8. The molecule has 0 saturated carbocycles. The van der Waals surface area contributed by atoms with Gasteiger partial charge in [0.2, 0.25) is 0 Å². The van der Waals surface area contributed by atoms with Gasteiger partial charge in [-0.15, -0.1) is 0 Å². The number of aliphatic hydroxyl groups is 1. The van der Waals surface area contributed by atoms with E-state index < -0.39 is 0 Å². The molecule has 0 aromatic carbocycles. The Morgan fingerprint density at radius 3 is 2.40 bits per heavy atom. The van der Waals surface area contributed by atoms with Crippen molar-refractivity contribution in [3.8, 4) is 0 Å². The molecule has 0 unspecified atom stereocenters. The van der Waals surface area contributed by atoms with Crippen LogP contribution in [0, 0.1) is 5.92 Å². The van der Waals surface area contributed by atoms with E-state index in [-0.39, 0.29) is 12.7 Å². The molecule has 2 atom stereocenters. The van der Waals surface area contributed by atoms with Gasteiger partial charge in [0.05, 0.1) is 12.7 Å². The molecule has 0 radical (unpaired) electrons. The van der Waals surface area contributed by atoms with Gasteiger partial charge in [0.25, 0.3) is 0 Å². The molecule has 20 heavy (non-hydrogen) atoms. The van der Waals surface area contributed by atoms with Gasteiger partial charge in [0, 0.05) is 13.0 Å². The maximum atomic E-state index is 8.80. The molecule has 114 valence electrons. The van der Waals surface area contributed by atoms with E-state index in [2.05, 4.69) is 45.1 Å². The molecule has 1 N–H and O–H groups in total. The second-order valence-electron chi connectivity index (χ2n) is 5.30. The Morgan fingerprint density at radius 1 is 1.25 bits per heavy atom. The lowest BCUT2D eigenvalue weighted by atomic mass is 9.95. The minimum Gasteiger partial charge on any atom is -0.392 e. The molecule has 2 heteroatoms. The smallest absolute Gasteiger partial charge is 0.0838 e. The predicted molar refractivity (Wildman–Crippen MR) is 87.7 cm³/mol. The zero-order valence-corrected chi connectivity index (χ0v) is 13.8. The molecule has 0 aliphatic carbocycles. The molecule has 0 aromatic rings. The highest BCUT2D eigenvalue weighted by Gasteiger charge is 2.15. The number of aliphatic hydroxyl groups excluding tert-OH is 1. The monoisotopic (exact) mass is 278 g/mol. The topological polar surface area (TPSA) is 29.5 Å². The van der Waals surface area contributed by atoms with Gasteiger partial charge in [0.15, 0.2) is 0 Å².